The molecule has 1 aliphatic carbocycles. The van der Waals surface area contributed by atoms with E-state index in [9.17, 15) is 9.90 Å². The summed E-state index contributed by atoms with van der Waals surface area (Å²) in [5, 5.41) is 13.0. The van der Waals surface area contributed by atoms with Crippen LogP contribution in [-0.4, -0.2) is 22.7 Å². The molecule has 0 radical (unpaired) electrons. The number of rotatable bonds is 5. The SMILES string of the molecule is CCC(CC)NC1(C(=O)O)CCCCC1C. The zero-order valence-corrected chi connectivity index (χ0v) is 10.8. The Morgan fingerprint density at radius 2 is 2.06 bits per heavy atom. The first kappa shape index (κ1) is 13.5. The van der Waals surface area contributed by atoms with Crippen molar-refractivity contribution in [2.75, 3.05) is 0 Å². The van der Waals surface area contributed by atoms with Crippen LogP contribution >= 0.6 is 0 Å². The molecular formula is C13H25NO2. The number of carboxylic acids is 1. The average molecular weight is 227 g/mol. The van der Waals surface area contributed by atoms with Crippen molar-refractivity contribution in [3.05, 3.63) is 0 Å². The van der Waals surface area contributed by atoms with Crippen LogP contribution in [0.25, 0.3) is 0 Å². The topological polar surface area (TPSA) is 49.3 Å². The van der Waals surface area contributed by atoms with Gasteiger partial charge >= 0.3 is 5.97 Å². The summed E-state index contributed by atoms with van der Waals surface area (Å²) in [4.78, 5) is 11.6. The quantitative estimate of drug-likeness (QED) is 0.759. The van der Waals surface area contributed by atoms with E-state index < -0.39 is 11.5 Å². The number of nitrogens with one attached hydrogen (secondary N) is 1. The number of aliphatic carboxylic acids is 1. The molecule has 0 aliphatic heterocycles. The van der Waals surface area contributed by atoms with Gasteiger partial charge < -0.3 is 5.11 Å². The van der Waals surface area contributed by atoms with Gasteiger partial charge in [0.05, 0.1) is 0 Å². The lowest BCUT2D eigenvalue weighted by Crippen LogP contribution is -2.60. The van der Waals surface area contributed by atoms with E-state index in [2.05, 4.69) is 26.1 Å². The maximum absolute atomic E-state index is 11.6. The molecule has 3 nitrogen and oxygen atoms in total. The Hall–Kier alpha value is -0.570. The highest BCUT2D eigenvalue weighted by Crippen LogP contribution is 2.34. The summed E-state index contributed by atoms with van der Waals surface area (Å²) >= 11 is 0. The predicted octanol–water partition coefficient (Wildman–Crippen LogP) is 2.80. The van der Waals surface area contributed by atoms with E-state index in [1.165, 1.54) is 6.42 Å². The van der Waals surface area contributed by atoms with E-state index in [0.717, 1.165) is 32.1 Å². The maximum Gasteiger partial charge on any atom is 0.324 e. The molecule has 3 heteroatoms. The van der Waals surface area contributed by atoms with Crippen LogP contribution in [0.3, 0.4) is 0 Å². The van der Waals surface area contributed by atoms with Gasteiger partial charge in [-0.2, -0.15) is 0 Å². The van der Waals surface area contributed by atoms with Crippen molar-refractivity contribution in [3.63, 3.8) is 0 Å². The molecule has 1 rings (SSSR count). The first-order valence-corrected chi connectivity index (χ1v) is 6.57. The summed E-state index contributed by atoms with van der Waals surface area (Å²) in [5.74, 6) is -0.425. The maximum atomic E-state index is 11.6. The highest BCUT2D eigenvalue weighted by Gasteiger charge is 2.45. The average Bonchev–Trinajstić information content (AvgIpc) is 2.28. The Labute approximate surface area is 98.6 Å². The molecule has 2 N–H and O–H groups in total. The molecule has 16 heavy (non-hydrogen) atoms. The summed E-state index contributed by atoms with van der Waals surface area (Å²) in [6.07, 6.45) is 6.00. The van der Waals surface area contributed by atoms with Crippen molar-refractivity contribution in [1.29, 1.82) is 0 Å². The zero-order chi connectivity index (χ0) is 12.2. The van der Waals surface area contributed by atoms with E-state index in [1.807, 2.05) is 0 Å². The lowest BCUT2D eigenvalue weighted by atomic mass is 9.73. The Bertz CT molecular complexity index is 238. The Morgan fingerprint density at radius 3 is 2.50 bits per heavy atom. The molecule has 2 unspecified atom stereocenters. The van der Waals surface area contributed by atoms with Crippen molar-refractivity contribution in [2.45, 2.75) is 70.9 Å². The van der Waals surface area contributed by atoms with Crippen molar-refractivity contribution in [3.8, 4) is 0 Å². The van der Waals surface area contributed by atoms with Crippen LogP contribution in [-0.2, 0) is 4.79 Å². The van der Waals surface area contributed by atoms with E-state index in [-0.39, 0.29) is 5.92 Å². The normalized spacial score (nSPS) is 30.6. The molecule has 1 aliphatic rings. The minimum Gasteiger partial charge on any atom is -0.480 e. The largest absolute Gasteiger partial charge is 0.480 e. The van der Waals surface area contributed by atoms with Crippen LogP contribution in [0.15, 0.2) is 0 Å². The van der Waals surface area contributed by atoms with Gasteiger partial charge in [0, 0.05) is 6.04 Å². The smallest absolute Gasteiger partial charge is 0.324 e. The number of hydrogen-bond donors (Lipinski definition) is 2. The van der Waals surface area contributed by atoms with Gasteiger partial charge in [-0.15, -0.1) is 0 Å². The molecular weight excluding hydrogens is 202 g/mol. The second-order valence-corrected chi connectivity index (χ2v) is 5.08. The van der Waals surface area contributed by atoms with Crippen LogP contribution in [0.2, 0.25) is 0 Å². The summed E-state index contributed by atoms with van der Waals surface area (Å²) in [7, 11) is 0. The molecule has 2 atom stereocenters. The molecule has 1 fully saturated rings. The van der Waals surface area contributed by atoms with Crippen LogP contribution in [0.5, 0.6) is 0 Å². The highest BCUT2D eigenvalue weighted by molar-refractivity contribution is 5.79. The molecule has 1 saturated carbocycles. The van der Waals surface area contributed by atoms with Crippen LogP contribution in [0.4, 0.5) is 0 Å². The Kier molecular flexibility index (Phi) is 4.78. The monoisotopic (exact) mass is 227 g/mol. The number of carboxylic acid groups (broad SMARTS) is 1. The minimum absolute atomic E-state index is 0.236. The van der Waals surface area contributed by atoms with E-state index in [1.54, 1.807) is 0 Å². The second kappa shape index (κ2) is 5.67. The van der Waals surface area contributed by atoms with Gasteiger partial charge in [0.1, 0.15) is 5.54 Å². The minimum atomic E-state index is -0.672. The van der Waals surface area contributed by atoms with Gasteiger partial charge in [-0.1, -0.05) is 33.6 Å². The molecule has 0 spiro atoms. The fourth-order valence-corrected chi connectivity index (χ4v) is 2.80. The van der Waals surface area contributed by atoms with Crippen LogP contribution in [0, 0.1) is 5.92 Å². The molecule has 0 amide bonds. The first-order chi connectivity index (χ1) is 7.56. The van der Waals surface area contributed by atoms with Crippen LogP contribution < -0.4 is 5.32 Å². The summed E-state index contributed by atoms with van der Waals surface area (Å²) < 4.78 is 0. The summed E-state index contributed by atoms with van der Waals surface area (Å²) in [5.41, 5.74) is -0.672. The standard InChI is InChI=1S/C13H25NO2/c1-4-11(5-2)14-13(12(15)16)9-7-6-8-10(13)3/h10-11,14H,4-9H2,1-3H3,(H,15,16). The second-order valence-electron chi connectivity index (χ2n) is 5.08. The highest BCUT2D eigenvalue weighted by atomic mass is 16.4. The van der Waals surface area contributed by atoms with Crippen LogP contribution in [0.1, 0.15) is 59.3 Å². The fraction of sp³-hybridized carbons (Fsp3) is 0.923. The lowest BCUT2D eigenvalue weighted by Gasteiger charge is -2.42. The molecule has 94 valence electrons. The Balaban J connectivity index is 2.82. The lowest BCUT2D eigenvalue weighted by molar-refractivity contribution is -0.149. The van der Waals surface area contributed by atoms with Gasteiger partial charge in [0.15, 0.2) is 0 Å². The van der Waals surface area contributed by atoms with E-state index in [0.29, 0.717) is 6.04 Å². The molecule has 0 aromatic heterocycles. The van der Waals surface area contributed by atoms with Gasteiger partial charge in [-0.3, -0.25) is 10.1 Å². The van der Waals surface area contributed by atoms with Gasteiger partial charge in [-0.25, -0.2) is 0 Å². The van der Waals surface area contributed by atoms with Crippen molar-refractivity contribution >= 4 is 5.97 Å². The third-order valence-corrected chi connectivity index (χ3v) is 4.13. The summed E-state index contributed by atoms with van der Waals surface area (Å²) in [6.45, 7) is 6.30. The van der Waals surface area contributed by atoms with Gasteiger partial charge in [-0.05, 0) is 31.6 Å². The number of carbonyl (C=O) groups is 1. The fourth-order valence-electron chi connectivity index (χ4n) is 2.80. The van der Waals surface area contributed by atoms with Crippen molar-refractivity contribution in [1.82, 2.24) is 5.32 Å². The van der Waals surface area contributed by atoms with E-state index in [4.69, 9.17) is 0 Å². The van der Waals surface area contributed by atoms with E-state index >= 15 is 0 Å². The molecule has 0 aromatic carbocycles. The third-order valence-electron chi connectivity index (χ3n) is 4.13. The molecule has 0 heterocycles. The van der Waals surface area contributed by atoms with Crippen molar-refractivity contribution in [2.24, 2.45) is 5.92 Å². The Morgan fingerprint density at radius 1 is 1.44 bits per heavy atom. The molecule has 0 aromatic rings. The first-order valence-electron chi connectivity index (χ1n) is 6.57. The molecule has 0 bridgehead atoms. The van der Waals surface area contributed by atoms with Crippen molar-refractivity contribution < 1.29 is 9.90 Å². The number of hydrogen-bond acceptors (Lipinski definition) is 2. The van der Waals surface area contributed by atoms with Gasteiger partial charge in [0.25, 0.3) is 0 Å². The summed E-state index contributed by atoms with van der Waals surface area (Å²) in [6, 6.07) is 0.330. The third kappa shape index (κ3) is 2.57. The zero-order valence-electron chi connectivity index (χ0n) is 10.8. The van der Waals surface area contributed by atoms with Gasteiger partial charge in [0.2, 0.25) is 0 Å². The molecule has 0 saturated heterocycles. The predicted molar refractivity (Wildman–Crippen MR) is 65.5 cm³/mol.